The zero-order valence-corrected chi connectivity index (χ0v) is 17.2. The van der Waals surface area contributed by atoms with E-state index in [0.29, 0.717) is 25.5 Å². The van der Waals surface area contributed by atoms with Crippen molar-refractivity contribution in [2.45, 2.75) is 25.6 Å². The summed E-state index contributed by atoms with van der Waals surface area (Å²) in [5, 5.41) is 0. The maximum absolute atomic E-state index is 12.3. The van der Waals surface area contributed by atoms with Crippen LogP contribution in [0.15, 0.2) is 18.2 Å². The molecule has 1 aromatic carbocycles. The fourth-order valence-corrected chi connectivity index (χ4v) is 6.14. The minimum atomic E-state index is -3.01. The van der Waals surface area contributed by atoms with Gasteiger partial charge in [-0.1, -0.05) is 6.07 Å². The Hall–Kier alpha value is -1.35. The summed E-state index contributed by atoms with van der Waals surface area (Å²) < 4.78 is 40.9. The minimum absolute atomic E-state index is 0.0262. The van der Waals surface area contributed by atoms with Gasteiger partial charge < -0.3 is 14.2 Å². The predicted molar refractivity (Wildman–Crippen MR) is 104 cm³/mol. The quantitative estimate of drug-likeness (QED) is 0.648. The molecule has 0 unspecified atom stereocenters. The van der Waals surface area contributed by atoms with Crippen LogP contribution in [0, 0.1) is 0 Å². The van der Waals surface area contributed by atoms with Crippen LogP contribution in [0.25, 0.3) is 0 Å². The van der Waals surface area contributed by atoms with E-state index in [0.717, 1.165) is 30.9 Å². The van der Waals surface area contributed by atoms with Gasteiger partial charge in [0, 0.05) is 45.4 Å². The molecule has 8 heteroatoms. The number of nitrogens with zero attached hydrogens (tertiary/aromatic N) is 2. The molecule has 2 fully saturated rings. The zero-order chi connectivity index (χ0) is 19.4. The molecule has 2 aliphatic heterocycles. The molecule has 0 bridgehead atoms. The first kappa shape index (κ1) is 20.4. The third-order valence-corrected chi connectivity index (χ3v) is 7.10. The van der Waals surface area contributed by atoms with Gasteiger partial charge in [-0.3, -0.25) is 9.80 Å². The van der Waals surface area contributed by atoms with Gasteiger partial charge in [0.15, 0.2) is 21.3 Å². The molecule has 2 aliphatic rings. The Balaban J connectivity index is 1.76. The Labute approximate surface area is 162 Å². The first-order valence-corrected chi connectivity index (χ1v) is 11.3. The first-order chi connectivity index (χ1) is 13.0. The normalized spacial score (nSPS) is 25.3. The second-order valence-corrected chi connectivity index (χ2v) is 9.28. The van der Waals surface area contributed by atoms with Crippen LogP contribution in [-0.2, 0) is 21.1 Å². The molecule has 7 nitrogen and oxygen atoms in total. The second kappa shape index (κ2) is 8.77. The van der Waals surface area contributed by atoms with Gasteiger partial charge >= 0.3 is 0 Å². The monoisotopic (exact) mass is 398 g/mol. The summed E-state index contributed by atoms with van der Waals surface area (Å²) in [5.41, 5.74) is 1.10. The SMILES string of the molecule is CCOc1cc(CN2CCN(CCOC)[C@@H]3CS(=O)(=O)C[C@@H]32)ccc1OC. The summed E-state index contributed by atoms with van der Waals surface area (Å²) in [6.07, 6.45) is 0. The Morgan fingerprint density at radius 1 is 1.07 bits per heavy atom. The van der Waals surface area contributed by atoms with E-state index in [1.165, 1.54) is 0 Å². The summed E-state index contributed by atoms with van der Waals surface area (Å²) >= 11 is 0. The maximum Gasteiger partial charge on any atom is 0.161 e. The fraction of sp³-hybridized carbons (Fsp3) is 0.684. The maximum atomic E-state index is 12.3. The summed E-state index contributed by atoms with van der Waals surface area (Å²) in [4.78, 5) is 4.57. The molecule has 0 amide bonds. The van der Waals surface area contributed by atoms with Crippen molar-refractivity contribution in [3.63, 3.8) is 0 Å². The van der Waals surface area contributed by atoms with Crippen molar-refractivity contribution in [3.8, 4) is 11.5 Å². The van der Waals surface area contributed by atoms with Crippen LogP contribution in [0.1, 0.15) is 12.5 Å². The van der Waals surface area contributed by atoms with E-state index in [1.54, 1.807) is 14.2 Å². The van der Waals surface area contributed by atoms with Gasteiger partial charge in [0.25, 0.3) is 0 Å². The number of rotatable bonds is 8. The zero-order valence-electron chi connectivity index (χ0n) is 16.4. The van der Waals surface area contributed by atoms with Crippen LogP contribution in [0.5, 0.6) is 11.5 Å². The van der Waals surface area contributed by atoms with E-state index in [1.807, 2.05) is 25.1 Å². The Morgan fingerprint density at radius 2 is 1.78 bits per heavy atom. The molecule has 0 saturated carbocycles. The van der Waals surface area contributed by atoms with E-state index in [4.69, 9.17) is 14.2 Å². The fourth-order valence-electron chi connectivity index (χ4n) is 4.10. The number of fused-ring (bicyclic) bond motifs is 1. The molecule has 2 heterocycles. The van der Waals surface area contributed by atoms with Crippen LogP contribution in [0.2, 0.25) is 0 Å². The number of methoxy groups -OCH3 is 2. The van der Waals surface area contributed by atoms with E-state index in [-0.39, 0.29) is 23.6 Å². The number of sulfone groups is 1. The Bertz CT molecular complexity index is 740. The summed E-state index contributed by atoms with van der Waals surface area (Å²) in [5.74, 6) is 1.92. The highest BCUT2D eigenvalue weighted by Gasteiger charge is 2.46. The van der Waals surface area contributed by atoms with Gasteiger partial charge in [-0.15, -0.1) is 0 Å². The van der Waals surface area contributed by atoms with Crippen LogP contribution in [-0.4, -0.2) is 88.9 Å². The smallest absolute Gasteiger partial charge is 0.161 e. The van der Waals surface area contributed by atoms with Crippen molar-refractivity contribution >= 4 is 9.84 Å². The van der Waals surface area contributed by atoms with Gasteiger partial charge in [0.2, 0.25) is 0 Å². The first-order valence-electron chi connectivity index (χ1n) is 9.44. The average Bonchev–Trinajstić information content (AvgIpc) is 2.97. The third kappa shape index (κ3) is 4.74. The van der Waals surface area contributed by atoms with Crippen LogP contribution < -0.4 is 9.47 Å². The van der Waals surface area contributed by atoms with Gasteiger partial charge in [0.1, 0.15) is 0 Å². The van der Waals surface area contributed by atoms with Gasteiger partial charge in [0.05, 0.1) is 31.8 Å². The highest BCUT2D eigenvalue weighted by atomic mass is 32.2. The molecule has 0 spiro atoms. The van der Waals surface area contributed by atoms with Crippen molar-refractivity contribution in [2.24, 2.45) is 0 Å². The number of hydrogen-bond donors (Lipinski definition) is 0. The highest BCUT2D eigenvalue weighted by Crippen LogP contribution is 2.31. The lowest BCUT2D eigenvalue weighted by atomic mass is 10.0. The van der Waals surface area contributed by atoms with Crippen LogP contribution in [0.3, 0.4) is 0 Å². The molecule has 0 aliphatic carbocycles. The molecule has 0 N–H and O–H groups in total. The summed E-state index contributed by atoms with van der Waals surface area (Å²) in [7, 11) is 0.301. The second-order valence-electron chi connectivity index (χ2n) is 7.13. The molecule has 2 saturated heterocycles. The molecule has 0 aromatic heterocycles. The summed E-state index contributed by atoms with van der Waals surface area (Å²) in [6.45, 7) is 6.32. The standard InChI is InChI=1S/C19H30N2O5S/c1-4-26-19-11-15(5-6-18(19)25-3)12-21-8-7-20(9-10-24-2)16-13-27(22,23)14-17(16)21/h5-6,11,16-17H,4,7-10,12-14H2,1-3H3/t16-,17+/m1/s1. The van der Waals surface area contributed by atoms with Crippen LogP contribution in [0.4, 0.5) is 0 Å². The molecular formula is C19H30N2O5S. The molecule has 27 heavy (non-hydrogen) atoms. The van der Waals surface area contributed by atoms with Crippen molar-refractivity contribution in [2.75, 3.05) is 58.6 Å². The van der Waals surface area contributed by atoms with E-state index >= 15 is 0 Å². The van der Waals surface area contributed by atoms with Gasteiger partial charge in [-0.05, 0) is 24.6 Å². The molecule has 152 valence electrons. The third-order valence-electron chi connectivity index (χ3n) is 5.40. The van der Waals surface area contributed by atoms with Gasteiger partial charge in [-0.2, -0.15) is 0 Å². The molecule has 3 rings (SSSR count). The largest absolute Gasteiger partial charge is 0.493 e. The predicted octanol–water partition coefficient (Wildman–Crippen LogP) is 1.02. The number of piperazine rings is 1. The topological polar surface area (TPSA) is 68.3 Å². The number of hydrogen-bond acceptors (Lipinski definition) is 7. The minimum Gasteiger partial charge on any atom is -0.493 e. The molecular weight excluding hydrogens is 368 g/mol. The Kier molecular flexibility index (Phi) is 6.62. The number of ether oxygens (including phenoxy) is 3. The molecule has 0 radical (unpaired) electrons. The highest BCUT2D eigenvalue weighted by molar-refractivity contribution is 7.91. The summed E-state index contributed by atoms with van der Waals surface area (Å²) in [6, 6.07) is 6.01. The van der Waals surface area contributed by atoms with Crippen molar-refractivity contribution in [1.82, 2.24) is 9.80 Å². The van der Waals surface area contributed by atoms with E-state index < -0.39 is 9.84 Å². The van der Waals surface area contributed by atoms with Crippen molar-refractivity contribution < 1.29 is 22.6 Å². The van der Waals surface area contributed by atoms with E-state index in [9.17, 15) is 8.42 Å². The lowest BCUT2D eigenvalue weighted by Gasteiger charge is -2.44. The Morgan fingerprint density at radius 3 is 2.44 bits per heavy atom. The van der Waals surface area contributed by atoms with Gasteiger partial charge in [-0.25, -0.2) is 8.42 Å². The average molecular weight is 399 g/mol. The van der Waals surface area contributed by atoms with Crippen molar-refractivity contribution in [1.29, 1.82) is 0 Å². The van der Waals surface area contributed by atoms with Crippen molar-refractivity contribution in [3.05, 3.63) is 23.8 Å². The lowest BCUT2D eigenvalue weighted by molar-refractivity contribution is 0.0252. The van der Waals surface area contributed by atoms with Crippen LogP contribution >= 0.6 is 0 Å². The molecule has 2 atom stereocenters. The number of benzene rings is 1. The molecule has 1 aromatic rings. The van der Waals surface area contributed by atoms with E-state index in [2.05, 4.69) is 9.80 Å². The lowest BCUT2D eigenvalue weighted by Crippen LogP contribution is -2.59.